The van der Waals surface area contributed by atoms with Crippen molar-refractivity contribution in [1.29, 1.82) is 0 Å². The first kappa shape index (κ1) is 14.3. The molecule has 2 rings (SSSR count). The molecule has 0 spiro atoms. The first-order valence-electron chi connectivity index (χ1n) is 5.93. The first-order chi connectivity index (χ1) is 9.11. The molecule has 19 heavy (non-hydrogen) atoms. The lowest BCUT2D eigenvalue weighted by Gasteiger charge is -2.13. The molecule has 100 valence electrons. The standard InChI is InChI=1S/C13H14Br2N4/c1-2-3-9-12(16)17-7-18-13(9)19-11-6-8(14)4-5-10(11)15/h4-7H,2-3H2,1H3,(H3,16,17,18,19). The van der Waals surface area contributed by atoms with Crippen LogP contribution in [-0.4, -0.2) is 9.97 Å². The quantitative estimate of drug-likeness (QED) is 0.824. The molecule has 0 atom stereocenters. The molecule has 0 aliphatic carbocycles. The molecule has 0 amide bonds. The Kier molecular flexibility index (Phi) is 4.76. The number of halogens is 2. The monoisotopic (exact) mass is 384 g/mol. The van der Waals surface area contributed by atoms with Gasteiger partial charge in [0.2, 0.25) is 0 Å². The second-order valence-electron chi connectivity index (χ2n) is 4.09. The molecule has 1 aromatic heterocycles. The number of nitrogens with two attached hydrogens (primary N) is 1. The molecule has 4 nitrogen and oxygen atoms in total. The van der Waals surface area contributed by atoms with Gasteiger partial charge >= 0.3 is 0 Å². The van der Waals surface area contributed by atoms with Crippen LogP contribution in [0.2, 0.25) is 0 Å². The van der Waals surface area contributed by atoms with E-state index in [-0.39, 0.29) is 0 Å². The third kappa shape index (κ3) is 3.45. The Labute approximate surface area is 129 Å². The van der Waals surface area contributed by atoms with Crippen molar-refractivity contribution < 1.29 is 0 Å². The van der Waals surface area contributed by atoms with Crippen molar-refractivity contribution in [2.75, 3.05) is 11.1 Å². The van der Waals surface area contributed by atoms with E-state index in [0.717, 1.165) is 38.9 Å². The number of anilines is 3. The average molecular weight is 386 g/mol. The molecule has 0 aliphatic rings. The van der Waals surface area contributed by atoms with Crippen LogP contribution in [-0.2, 0) is 6.42 Å². The van der Waals surface area contributed by atoms with Crippen LogP contribution in [0.4, 0.5) is 17.3 Å². The van der Waals surface area contributed by atoms with Gasteiger partial charge in [0.05, 0.1) is 5.69 Å². The molecule has 3 N–H and O–H groups in total. The highest BCUT2D eigenvalue weighted by Gasteiger charge is 2.10. The van der Waals surface area contributed by atoms with Crippen molar-refractivity contribution in [1.82, 2.24) is 9.97 Å². The van der Waals surface area contributed by atoms with E-state index in [9.17, 15) is 0 Å². The highest BCUT2D eigenvalue weighted by Crippen LogP contribution is 2.30. The summed E-state index contributed by atoms with van der Waals surface area (Å²) >= 11 is 6.97. The van der Waals surface area contributed by atoms with Crippen LogP contribution < -0.4 is 11.1 Å². The Balaban J connectivity index is 2.37. The summed E-state index contributed by atoms with van der Waals surface area (Å²) in [7, 11) is 0. The number of hydrogen-bond acceptors (Lipinski definition) is 4. The Hall–Kier alpha value is -1.14. The second kappa shape index (κ2) is 6.34. The van der Waals surface area contributed by atoms with E-state index in [1.807, 2.05) is 18.2 Å². The molecule has 0 saturated heterocycles. The Morgan fingerprint density at radius 2 is 2.05 bits per heavy atom. The number of nitrogen functional groups attached to an aromatic ring is 1. The smallest absolute Gasteiger partial charge is 0.139 e. The van der Waals surface area contributed by atoms with Gasteiger partial charge in [-0.05, 0) is 40.5 Å². The van der Waals surface area contributed by atoms with Gasteiger partial charge in [0, 0.05) is 14.5 Å². The zero-order valence-corrected chi connectivity index (χ0v) is 13.6. The topological polar surface area (TPSA) is 63.8 Å². The molecule has 0 radical (unpaired) electrons. The van der Waals surface area contributed by atoms with Gasteiger partial charge in [-0.3, -0.25) is 0 Å². The highest BCUT2D eigenvalue weighted by molar-refractivity contribution is 9.11. The molecular weight excluding hydrogens is 372 g/mol. The van der Waals surface area contributed by atoms with Crippen molar-refractivity contribution in [2.45, 2.75) is 19.8 Å². The fraction of sp³-hybridized carbons (Fsp3) is 0.231. The Bertz CT molecular complexity index is 587. The molecule has 0 aliphatic heterocycles. The number of aromatic nitrogens is 2. The summed E-state index contributed by atoms with van der Waals surface area (Å²) in [5.41, 5.74) is 7.81. The van der Waals surface area contributed by atoms with Gasteiger partial charge in [-0.2, -0.15) is 0 Å². The molecule has 2 aromatic rings. The number of hydrogen-bond donors (Lipinski definition) is 2. The summed E-state index contributed by atoms with van der Waals surface area (Å²) in [4.78, 5) is 8.33. The molecule has 0 unspecified atom stereocenters. The van der Waals surface area contributed by atoms with Crippen LogP contribution in [0.15, 0.2) is 33.5 Å². The van der Waals surface area contributed by atoms with Crippen molar-refractivity contribution in [3.05, 3.63) is 39.0 Å². The number of nitrogens with zero attached hydrogens (tertiary/aromatic N) is 2. The number of benzene rings is 1. The van der Waals surface area contributed by atoms with E-state index < -0.39 is 0 Å². The zero-order chi connectivity index (χ0) is 13.8. The average Bonchev–Trinajstić information content (AvgIpc) is 2.38. The van der Waals surface area contributed by atoms with Crippen LogP contribution >= 0.6 is 31.9 Å². The molecule has 6 heteroatoms. The van der Waals surface area contributed by atoms with Crippen LogP contribution in [0.25, 0.3) is 0 Å². The van der Waals surface area contributed by atoms with E-state index in [1.165, 1.54) is 6.33 Å². The number of nitrogens with one attached hydrogen (secondary N) is 1. The maximum atomic E-state index is 5.92. The summed E-state index contributed by atoms with van der Waals surface area (Å²) in [6.45, 7) is 2.10. The minimum atomic E-state index is 0.533. The van der Waals surface area contributed by atoms with Gasteiger partial charge in [0.15, 0.2) is 0 Å². The van der Waals surface area contributed by atoms with E-state index in [2.05, 4.69) is 54.1 Å². The molecule has 1 heterocycles. The lowest BCUT2D eigenvalue weighted by atomic mass is 10.1. The minimum absolute atomic E-state index is 0.533. The van der Waals surface area contributed by atoms with Crippen LogP contribution in [0, 0.1) is 0 Å². The lowest BCUT2D eigenvalue weighted by molar-refractivity contribution is 0.908. The molecule has 0 fully saturated rings. The van der Waals surface area contributed by atoms with Crippen molar-refractivity contribution >= 4 is 49.2 Å². The number of rotatable bonds is 4. The molecular formula is C13H14Br2N4. The van der Waals surface area contributed by atoms with Crippen molar-refractivity contribution in [3.8, 4) is 0 Å². The SMILES string of the molecule is CCCc1c(N)ncnc1Nc1cc(Br)ccc1Br. The maximum Gasteiger partial charge on any atom is 0.139 e. The minimum Gasteiger partial charge on any atom is -0.383 e. The van der Waals surface area contributed by atoms with Crippen LogP contribution in [0.5, 0.6) is 0 Å². The largest absolute Gasteiger partial charge is 0.383 e. The van der Waals surface area contributed by atoms with E-state index in [0.29, 0.717) is 5.82 Å². The Morgan fingerprint density at radius 3 is 2.79 bits per heavy atom. The summed E-state index contributed by atoms with van der Waals surface area (Å²) in [6.07, 6.45) is 3.31. The van der Waals surface area contributed by atoms with Crippen LogP contribution in [0.1, 0.15) is 18.9 Å². The Morgan fingerprint density at radius 1 is 1.26 bits per heavy atom. The van der Waals surface area contributed by atoms with E-state index in [1.54, 1.807) is 0 Å². The summed E-state index contributed by atoms with van der Waals surface area (Å²) in [5.74, 6) is 1.29. The normalized spacial score (nSPS) is 10.5. The fourth-order valence-corrected chi connectivity index (χ4v) is 2.46. The third-order valence-electron chi connectivity index (χ3n) is 2.66. The fourth-order valence-electron chi connectivity index (χ4n) is 1.75. The third-order valence-corrected chi connectivity index (χ3v) is 3.84. The summed E-state index contributed by atoms with van der Waals surface area (Å²) in [6, 6.07) is 5.92. The predicted octanol–water partition coefficient (Wildman–Crippen LogP) is 4.28. The van der Waals surface area contributed by atoms with E-state index >= 15 is 0 Å². The second-order valence-corrected chi connectivity index (χ2v) is 5.86. The van der Waals surface area contributed by atoms with Gasteiger partial charge in [0.25, 0.3) is 0 Å². The lowest BCUT2D eigenvalue weighted by Crippen LogP contribution is -2.05. The summed E-state index contributed by atoms with van der Waals surface area (Å²) < 4.78 is 1.97. The molecule has 0 bridgehead atoms. The van der Waals surface area contributed by atoms with Gasteiger partial charge < -0.3 is 11.1 Å². The first-order valence-corrected chi connectivity index (χ1v) is 7.51. The van der Waals surface area contributed by atoms with Gasteiger partial charge in [-0.15, -0.1) is 0 Å². The molecule has 1 aromatic carbocycles. The van der Waals surface area contributed by atoms with Gasteiger partial charge in [-0.25, -0.2) is 9.97 Å². The van der Waals surface area contributed by atoms with Gasteiger partial charge in [-0.1, -0.05) is 29.3 Å². The molecule has 0 saturated carbocycles. The van der Waals surface area contributed by atoms with Gasteiger partial charge in [0.1, 0.15) is 18.0 Å². The van der Waals surface area contributed by atoms with E-state index in [4.69, 9.17) is 5.73 Å². The van der Waals surface area contributed by atoms with Crippen molar-refractivity contribution in [3.63, 3.8) is 0 Å². The summed E-state index contributed by atoms with van der Waals surface area (Å²) in [5, 5.41) is 3.30. The maximum absolute atomic E-state index is 5.92. The van der Waals surface area contributed by atoms with Crippen molar-refractivity contribution in [2.24, 2.45) is 0 Å². The zero-order valence-electron chi connectivity index (χ0n) is 10.5. The predicted molar refractivity (Wildman–Crippen MR) is 85.6 cm³/mol. The highest BCUT2D eigenvalue weighted by atomic mass is 79.9. The van der Waals surface area contributed by atoms with Crippen LogP contribution in [0.3, 0.4) is 0 Å².